The molecule has 0 bridgehead atoms. The fourth-order valence-corrected chi connectivity index (χ4v) is 2.39. The van der Waals surface area contributed by atoms with Gasteiger partial charge in [0, 0.05) is 17.4 Å². The van der Waals surface area contributed by atoms with Gasteiger partial charge in [-0.1, -0.05) is 30.2 Å². The lowest BCUT2D eigenvalue weighted by Gasteiger charge is -2.03. The fraction of sp³-hybridized carbons (Fsp3) is 0.353. The summed E-state index contributed by atoms with van der Waals surface area (Å²) in [5.41, 5.74) is 10.6. The van der Waals surface area contributed by atoms with Crippen molar-refractivity contribution in [3.05, 3.63) is 40.5 Å². The highest BCUT2D eigenvalue weighted by molar-refractivity contribution is 6.32. The van der Waals surface area contributed by atoms with Crippen LogP contribution in [0.2, 0.25) is 5.15 Å². The van der Waals surface area contributed by atoms with E-state index in [4.69, 9.17) is 17.3 Å². The highest BCUT2D eigenvalue weighted by Crippen LogP contribution is 2.20. The maximum atomic E-state index is 11.6. The quantitative estimate of drug-likeness (QED) is 0.354. The molecule has 0 saturated heterocycles. The van der Waals surface area contributed by atoms with Crippen molar-refractivity contribution in [2.75, 3.05) is 6.54 Å². The van der Waals surface area contributed by atoms with Crippen LogP contribution >= 0.6 is 11.6 Å². The first-order chi connectivity index (χ1) is 11.1. The highest BCUT2D eigenvalue weighted by Gasteiger charge is 2.04. The van der Waals surface area contributed by atoms with Gasteiger partial charge in [0.1, 0.15) is 5.15 Å². The largest absolute Gasteiger partial charge is 0.330 e. The summed E-state index contributed by atoms with van der Waals surface area (Å²) in [6.45, 7) is 2.67. The van der Waals surface area contributed by atoms with Crippen molar-refractivity contribution in [2.45, 2.75) is 32.6 Å². The summed E-state index contributed by atoms with van der Waals surface area (Å²) < 4.78 is 0. The van der Waals surface area contributed by atoms with E-state index in [-0.39, 0.29) is 5.91 Å². The van der Waals surface area contributed by atoms with Gasteiger partial charge in [-0.25, -0.2) is 10.4 Å². The molecule has 23 heavy (non-hydrogen) atoms. The molecule has 122 valence electrons. The average Bonchev–Trinajstić information content (AvgIpc) is 2.52. The molecule has 0 unspecified atom stereocenters. The number of nitrogens with two attached hydrogens (primary N) is 1. The Balaban J connectivity index is 1.96. The number of unbranched alkanes of at least 4 members (excludes halogenated alkanes) is 2. The van der Waals surface area contributed by atoms with Gasteiger partial charge in [0.2, 0.25) is 5.91 Å². The van der Waals surface area contributed by atoms with Crippen molar-refractivity contribution < 1.29 is 4.79 Å². The van der Waals surface area contributed by atoms with Crippen molar-refractivity contribution in [1.82, 2.24) is 10.4 Å². The molecule has 0 aliphatic heterocycles. The Morgan fingerprint density at radius 2 is 2.17 bits per heavy atom. The smallest absolute Gasteiger partial charge is 0.240 e. The molecule has 0 saturated carbocycles. The molecule has 0 atom stereocenters. The van der Waals surface area contributed by atoms with E-state index in [2.05, 4.69) is 15.5 Å². The number of aromatic nitrogens is 1. The van der Waals surface area contributed by atoms with Crippen molar-refractivity contribution in [1.29, 1.82) is 0 Å². The van der Waals surface area contributed by atoms with Gasteiger partial charge in [-0.05, 0) is 44.0 Å². The number of halogens is 1. The lowest BCUT2D eigenvalue weighted by molar-refractivity contribution is -0.121. The minimum Gasteiger partial charge on any atom is -0.330 e. The molecule has 0 aliphatic carbocycles. The summed E-state index contributed by atoms with van der Waals surface area (Å²) in [5, 5.41) is 5.30. The predicted octanol–water partition coefficient (Wildman–Crippen LogP) is 3.17. The number of fused-ring (bicyclic) bond motifs is 1. The van der Waals surface area contributed by atoms with Gasteiger partial charge in [0.05, 0.1) is 11.7 Å². The zero-order valence-electron chi connectivity index (χ0n) is 13.2. The number of carbonyl (C=O) groups excluding carboxylic acids is 1. The zero-order chi connectivity index (χ0) is 16.7. The van der Waals surface area contributed by atoms with E-state index in [1.807, 2.05) is 31.2 Å². The molecule has 5 nitrogen and oxygen atoms in total. The Bertz CT molecular complexity index is 715. The van der Waals surface area contributed by atoms with Gasteiger partial charge in [-0.2, -0.15) is 5.10 Å². The molecule has 2 aromatic rings. The highest BCUT2D eigenvalue weighted by atomic mass is 35.5. The summed E-state index contributed by atoms with van der Waals surface area (Å²) in [6.07, 6.45) is 4.67. The first kappa shape index (κ1) is 17.4. The Labute approximate surface area is 140 Å². The molecule has 1 heterocycles. The number of amides is 1. The van der Waals surface area contributed by atoms with Crippen LogP contribution < -0.4 is 11.2 Å². The van der Waals surface area contributed by atoms with E-state index in [1.54, 1.807) is 0 Å². The fourth-order valence-electron chi connectivity index (χ4n) is 2.20. The lowest BCUT2D eigenvalue weighted by Crippen LogP contribution is -2.17. The van der Waals surface area contributed by atoms with E-state index >= 15 is 0 Å². The zero-order valence-corrected chi connectivity index (χ0v) is 13.9. The Hall–Kier alpha value is -1.98. The van der Waals surface area contributed by atoms with E-state index in [1.165, 1.54) is 6.21 Å². The van der Waals surface area contributed by atoms with Crippen molar-refractivity contribution >= 4 is 34.6 Å². The summed E-state index contributed by atoms with van der Waals surface area (Å²) in [7, 11) is 0. The second kappa shape index (κ2) is 8.60. The number of benzene rings is 1. The first-order valence-electron chi connectivity index (χ1n) is 7.69. The Morgan fingerprint density at radius 1 is 1.35 bits per heavy atom. The van der Waals surface area contributed by atoms with Gasteiger partial charge < -0.3 is 5.73 Å². The van der Waals surface area contributed by atoms with Gasteiger partial charge in [-0.15, -0.1) is 0 Å². The minimum atomic E-state index is -0.112. The predicted molar refractivity (Wildman–Crippen MR) is 94.7 cm³/mol. The monoisotopic (exact) mass is 332 g/mol. The molecule has 0 fully saturated rings. The van der Waals surface area contributed by atoms with Crippen molar-refractivity contribution in [2.24, 2.45) is 10.8 Å². The molecular formula is C17H21ClN4O. The van der Waals surface area contributed by atoms with Crippen LogP contribution in [-0.2, 0) is 4.79 Å². The topological polar surface area (TPSA) is 80.4 Å². The molecule has 0 radical (unpaired) electrons. The molecule has 6 heteroatoms. The third-order valence-electron chi connectivity index (χ3n) is 3.45. The van der Waals surface area contributed by atoms with Crippen LogP contribution in [0.15, 0.2) is 29.4 Å². The van der Waals surface area contributed by atoms with Crippen LogP contribution in [0.5, 0.6) is 0 Å². The summed E-state index contributed by atoms with van der Waals surface area (Å²) >= 11 is 6.16. The number of nitrogens with one attached hydrogen (secondary N) is 1. The van der Waals surface area contributed by atoms with E-state index in [9.17, 15) is 4.79 Å². The van der Waals surface area contributed by atoms with Crippen LogP contribution in [0.3, 0.4) is 0 Å². The van der Waals surface area contributed by atoms with Gasteiger partial charge in [-0.3, -0.25) is 4.79 Å². The van der Waals surface area contributed by atoms with Crippen molar-refractivity contribution in [3.63, 3.8) is 0 Å². The second-order valence-electron chi connectivity index (χ2n) is 5.46. The molecule has 3 N–H and O–H groups in total. The van der Waals surface area contributed by atoms with Crippen LogP contribution in [-0.4, -0.2) is 23.7 Å². The van der Waals surface area contributed by atoms with Crippen LogP contribution in [0.25, 0.3) is 10.9 Å². The number of nitrogens with zero attached hydrogens (tertiary/aromatic N) is 2. The number of hydrazone groups is 1. The third kappa shape index (κ3) is 5.30. The molecule has 0 aliphatic rings. The standard InChI is InChI=1S/C17H21ClN4O/c1-12-6-7-13-10-14(17(18)21-15(13)9-12)11-20-22-16(23)5-3-2-4-8-19/h6-7,9-11H,2-5,8,19H2,1H3,(H,22,23). The summed E-state index contributed by atoms with van der Waals surface area (Å²) in [6, 6.07) is 7.88. The third-order valence-corrected chi connectivity index (χ3v) is 3.76. The molecule has 1 aromatic heterocycles. The Kier molecular flexibility index (Phi) is 6.50. The maximum absolute atomic E-state index is 11.6. The first-order valence-corrected chi connectivity index (χ1v) is 8.07. The second-order valence-corrected chi connectivity index (χ2v) is 5.82. The number of rotatable bonds is 7. The molecule has 0 spiro atoms. The normalized spacial score (nSPS) is 11.3. The van der Waals surface area contributed by atoms with Crippen LogP contribution in [0, 0.1) is 6.92 Å². The van der Waals surface area contributed by atoms with Crippen LogP contribution in [0.4, 0.5) is 0 Å². The number of carbonyl (C=O) groups is 1. The van der Waals surface area contributed by atoms with E-state index in [0.717, 1.165) is 35.7 Å². The van der Waals surface area contributed by atoms with Gasteiger partial charge in [0.25, 0.3) is 0 Å². The van der Waals surface area contributed by atoms with Gasteiger partial charge >= 0.3 is 0 Å². The van der Waals surface area contributed by atoms with Crippen molar-refractivity contribution in [3.8, 4) is 0 Å². The SMILES string of the molecule is Cc1ccc2cc(C=NNC(=O)CCCCCN)c(Cl)nc2c1. The summed E-state index contributed by atoms with van der Waals surface area (Å²) in [5.74, 6) is -0.112. The average molecular weight is 333 g/mol. The van der Waals surface area contributed by atoms with E-state index in [0.29, 0.717) is 23.7 Å². The molecule has 2 rings (SSSR count). The Morgan fingerprint density at radius 3 is 2.96 bits per heavy atom. The number of aryl methyl sites for hydroxylation is 1. The number of hydrogen-bond donors (Lipinski definition) is 2. The maximum Gasteiger partial charge on any atom is 0.240 e. The van der Waals surface area contributed by atoms with E-state index < -0.39 is 0 Å². The summed E-state index contributed by atoms with van der Waals surface area (Å²) in [4.78, 5) is 16.0. The van der Waals surface area contributed by atoms with Crippen LogP contribution in [0.1, 0.15) is 36.8 Å². The molecular weight excluding hydrogens is 312 g/mol. The van der Waals surface area contributed by atoms with Gasteiger partial charge in [0.15, 0.2) is 0 Å². The number of pyridine rings is 1. The molecule has 1 amide bonds. The number of hydrogen-bond acceptors (Lipinski definition) is 4. The molecule has 1 aromatic carbocycles. The minimum absolute atomic E-state index is 0.112. The lowest BCUT2D eigenvalue weighted by atomic mass is 10.1.